The summed E-state index contributed by atoms with van der Waals surface area (Å²) in [5.74, 6) is 2.30. The van der Waals surface area contributed by atoms with E-state index in [9.17, 15) is 0 Å². The maximum Gasteiger partial charge on any atom is 0.218 e. The lowest BCUT2D eigenvalue weighted by molar-refractivity contribution is 0.318. The molecule has 0 aliphatic carbocycles. The Bertz CT molecular complexity index is 698. The van der Waals surface area contributed by atoms with Crippen molar-refractivity contribution in [1.82, 2.24) is 14.9 Å². The van der Waals surface area contributed by atoms with Crippen molar-refractivity contribution in [3.8, 4) is 11.6 Å². The average molecular weight is 393 g/mol. The molecule has 0 amide bonds. The van der Waals surface area contributed by atoms with Gasteiger partial charge >= 0.3 is 0 Å². The van der Waals surface area contributed by atoms with E-state index in [1.54, 1.807) is 14.2 Å². The van der Waals surface area contributed by atoms with Crippen LogP contribution in [0.2, 0.25) is 0 Å². The lowest BCUT2D eigenvalue weighted by atomic mass is 10.2. The Morgan fingerprint density at radius 1 is 1.25 bits per heavy atom. The van der Waals surface area contributed by atoms with Crippen LogP contribution in [0.4, 0.5) is 5.82 Å². The molecule has 1 unspecified atom stereocenters. The van der Waals surface area contributed by atoms with Gasteiger partial charge in [-0.25, -0.2) is 9.97 Å². The number of rotatable bonds is 6. The van der Waals surface area contributed by atoms with Gasteiger partial charge in [0.25, 0.3) is 0 Å². The summed E-state index contributed by atoms with van der Waals surface area (Å²) in [5, 5.41) is 3.46. The number of methoxy groups -OCH3 is 2. The summed E-state index contributed by atoms with van der Waals surface area (Å²) in [7, 11) is 3.32. The number of aromatic nitrogens is 2. The quantitative estimate of drug-likeness (QED) is 0.815. The van der Waals surface area contributed by atoms with Gasteiger partial charge in [-0.05, 0) is 24.6 Å². The minimum absolute atomic E-state index is 0.364. The molecule has 0 spiro atoms. The summed E-state index contributed by atoms with van der Waals surface area (Å²) in [6, 6.07) is 8.30. The third-order valence-corrected chi connectivity index (χ3v) is 4.61. The molecule has 1 N–H and O–H groups in total. The Hall–Kier alpha value is -1.86. The van der Waals surface area contributed by atoms with Gasteiger partial charge in [-0.2, -0.15) is 0 Å². The van der Waals surface area contributed by atoms with Crippen molar-refractivity contribution in [2.75, 3.05) is 32.6 Å². The molecule has 1 aromatic heterocycles. The van der Waals surface area contributed by atoms with Gasteiger partial charge in [-0.3, -0.25) is 4.90 Å². The van der Waals surface area contributed by atoms with E-state index in [1.807, 2.05) is 18.2 Å². The molecule has 1 aromatic carbocycles. The Balaban J connectivity index is 1.60. The maximum absolute atomic E-state index is 5.46. The molecule has 2 heterocycles. The van der Waals surface area contributed by atoms with Crippen LogP contribution in [-0.4, -0.2) is 48.2 Å². The Labute approximate surface area is 150 Å². The molecule has 0 bridgehead atoms. The molecule has 24 heavy (non-hydrogen) atoms. The van der Waals surface area contributed by atoms with Crippen LogP contribution in [-0.2, 0) is 6.54 Å². The van der Waals surface area contributed by atoms with Crippen molar-refractivity contribution >= 4 is 21.7 Å². The van der Waals surface area contributed by atoms with Gasteiger partial charge in [0.05, 0.1) is 14.2 Å². The smallest absolute Gasteiger partial charge is 0.218 e. The van der Waals surface area contributed by atoms with E-state index in [-0.39, 0.29) is 0 Å². The van der Waals surface area contributed by atoms with Crippen LogP contribution in [0.15, 0.2) is 35.1 Å². The van der Waals surface area contributed by atoms with Gasteiger partial charge in [-0.15, -0.1) is 0 Å². The van der Waals surface area contributed by atoms with Crippen molar-refractivity contribution in [3.63, 3.8) is 0 Å². The first-order valence-corrected chi connectivity index (χ1v) is 8.64. The predicted molar refractivity (Wildman–Crippen MR) is 96.6 cm³/mol. The summed E-state index contributed by atoms with van der Waals surface area (Å²) >= 11 is 3.53. The van der Waals surface area contributed by atoms with Crippen LogP contribution >= 0.6 is 15.9 Å². The molecule has 1 atom stereocenters. The highest BCUT2D eigenvalue weighted by Crippen LogP contribution is 2.26. The number of halogens is 1. The van der Waals surface area contributed by atoms with Crippen molar-refractivity contribution in [3.05, 3.63) is 40.6 Å². The molecule has 128 valence electrons. The van der Waals surface area contributed by atoms with E-state index < -0.39 is 0 Å². The zero-order chi connectivity index (χ0) is 16.9. The van der Waals surface area contributed by atoms with E-state index in [4.69, 9.17) is 9.47 Å². The predicted octanol–water partition coefficient (Wildman–Crippen LogP) is 2.94. The normalized spacial score (nSPS) is 17.7. The Morgan fingerprint density at radius 3 is 2.92 bits per heavy atom. The number of nitrogens with one attached hydrogen (secondary N) is 1. The molecular weight excluding hydrogens is 372 g/mol. The summed E-state index contributed by atoms with van der Waals surface area (Å²) < 4.78 is 11.7. The standard InChI is InChI=1S/C17H21BrN4O2/c1-23-15-4-3-13(18)7-12(15)9-22-6-5-14(10-22)21-16-8-17(24-2)20-11-19-16/h3-4,7-8,11,14H,5-6,9-10H2,1-2H3,(H,19,20,21). The molecule has 1 aliphatic heterocycles. The van der Waals surface area contributed by atoms with Crippen molar-refractivity contribution in [2.24, 2.45) is 0 Å². The lowest BCUT2D eigenvalue weighted by Crippen LogP contribution is -2.26. The van der Waals surface area contributed by atoms with Gasteiger partial charge < -0.3 is 14.8 Å². The highest BCUT2D eigenvalue weighted by atomic mass is 79.9. The van der Waals surface area contributed by atoms with Crippen LogP contribution in [0.3, 0.4) is 0 Å². The summed E-state index contributed by atoms with van der Waals surface area (Å²) in [5.41, 5.74) is 1.19. The minimum atomic E-state index is 0.364. The third-order valence-electron chi connectivity index (χ3n) is 4.11. The van der Waals surface area contributed by atoms with Gasteiger partial charge in [0.2, 0.25) is 5.88 Å². The number of benzene rings is 1. The summed E-state index contributed by atoms with van der Waals surface area (Å²) in [6.07, 6.45) is 2.59. The molecule has 1 fully saturated rings. The molecule has 0 saturated carbocycles. The lowest BCUT2D eigenvalue weighted by Gasteiger charge is -2.19. The van der Waals surface area contributed by atoms with Crippen LogP contribution < -0.4 is 14.8 Å². The highest BCUT2D eigenvalue weighted by Gasteiger charge is 2.23. The number of anilines is 1. The van der Waals surface area contributed by atoms with Crippen LogP contribution in [0.5, 0.6) is 11.6 Å². The number of hydrogen-bond acceptors (Lipinski definition) is 6. The van der Waals surface area contributed by atoms with E-state index in [0.717, 1.165) is 42.1 Å². The molecular formula is C17H21BrN4O2. The molecule has 2 aromatic rings. The first-order valence-electron chi connectivity index (χ1n) is 7.85. The second-order valence-corrected chi connectivity index (χ2v) is 6.68. The Morgan fingerprint density at radius 2 is 2.12 bits per heavy atom. The average Bonchev–Trinajstić information content (AvgIpc) is 3.02. The van der Waals surface area contributed by atoms with Gasteiger partial charge in [0.1, 0.15) is 17.9 Å². The van der Waals surface area contributed by atoms with Gasteiger partial charge in [0, 0.05) is 41.8 Å². The topological polar surface area (TPSA) is 59.5 Å². The molecule has 0 radical (unpaired) electrons. The van der Waals surface area contributed by atoms with E-state index in [2.05, 4.69) is 42.2 Å². The van der Waals surface area contributed by atoms with Crippen molar-refractivity contribution in [1.29, 1.82) is 0 Å². The fourth-order valence-corrected chi connectivity index (χ4v) is 3.35. The molecule has 6 nitrogen and oxygen atoms in total. The van der Waals surface area contributed by atoms with Crippen molar-refractivity contribution < 1.29 is 9.47 Å². The maximum atomic E-state index is 5.46. The summed E-state index contributed by atoms with van der Waals surface area (Å²) in [4.78, 5) is 10.7. The minimum Gasteiger partial charge on any atom is -0.496 e. The van der Waals surface area contributed by atoms with Gasteiger partial charge in [0.15, 0.2) is 0 Å². The fraction of sp³-hybridized carbons (Fsp3) is 0.412. The molecule has 1 saturated heterocycles. The number of hydrogen-bond donors (Lipinski definition) is 1. The van der Waals surface area contributed by atoms with E-state index >= 15 is 0 Å². The van der Waals surface area contributed by atoms with Crippen LogP contribution in [0.25, 0.3) is 0 Å². The number of likely N-dealkylation sites (tertiary alicyclic amines) is 1. The zero-order valence-corrected chi connectivity index (χ0v) is 15.4. The first-order chi connectivity index (χ1) is 11.7. The SMILES string of the molecule is COc1cc(NC2CCN(Cc3cc(Br)ccc3OC)C2)ncn1. The molecule has 1 aliphatic rings. The number of nitrogens with zero attached hydrogens (tertiary/aromatic N) is 3. The second kappa shape index (κ2) is 7.81. The second-order valence-electron chi connectivity index (χ2n) is 5.77. The fourth-order valence-electron chi connectivity index (χ4n) is 2.94. The zero-order valence-electron chi connectivity index (χ0n) is 13.8. The van der Waals surface area contributed by atoms with Crippen molar-refractivity contribution in [2.45, 2.75) is 19.0 Å². The van der Waals surface area contributed by atoms with E-state index in [1.165, 1.54) is 11.9 Å². The van der Waals surface area contributed by atoms with Gasteiger partial charge in [-0.1, -0.05) is 15.9 Å². The Kier molecular flexibility index (Phi) is 5.52. The molecule has 7 heteroatoms. The highest BCUT2D eigenvalue weighted by molar-refractivity contribution is 9.10. The number of ether oxygens (including phenoxy) is 2. The van der Waals surface area contributed by atoms with Crippen LogP contribution in [0, 0.1) is 0 Å². The largest absolute Gasteiger partial charge is 0.496 e. The first kappa shape index (κ1) is 17.0. The third kappa shape index (κ3) is 4.15. The van der Waals surface area contributed by atoms with E-state index in [0.29, 0.717) is 11.9 Å². The summed E-state index contributed by atoms with van der Waals surface area (Å²) in [6.45, 7) is 2.87. The monoisotopic (exact) mass is 392 g/mol. The van der Waals surface area contributed by atoms with Crippen LogP contribution in [0.1, 0.15) is 12.0 Å². The molecule has 3 rings (SSSR count).